The molecule has 3 heteroatoms. The molecule has 2 atom stereocenters. The first-order valence-electron chi connectivity index (χ1n) is 5.60. The molecule has 0 bridgehead atoms. The van der Waals surface area contributed by atoms with E-state index in [-0.39, 0.29) is 5.97 Å². The molecule has 0 fully saturated rings. The van der Waals surface area contributed by atoms with Crippen LogP contribution in [0.4, 0.5) is 0 Å². The number of benzene rings is 1. The van der Waals surface area contributed by atoms with Gasteiger partial charge in [0.2, 0.25) is 0 Å². The molecule has 1 aromatic carbocycles. The van der Waals surface area contributed by atoms with Crippen LogP contribution >= 0.6 is 0 Å². The summed E-state index contributed by atoms with van der Waals surface area (Å²) in [6.07, 6.45) is -0.222. The van der Waals surface area contributed by atoms with Crippen molar-refractivity contribution >= 4 is 5.97 Å². The Labute approximate surface area is 96.1 Å². The molecule has 0 saturated heterocycles. The quantitative estimate of drug-likeness (QED) is 0.778. The Bertz CT molecular complexity index is 321. The number of esters is 1. The third-order valence-electron chi connectivity index (χ3n) is 2.55. The Kier molecular flexibility index (Phi) is 4.99. The van der Waals surface area contributed by atoms with Gasteiger partial charge in [0, 0.05) is 0 Å². The van der Waals surface area contributed by atoms with Gasteiger partial charge in [-0.05, 0) is 18.9 Å². The van der Waals surface area contributed by atoms with E-state index in [4.69, 9.17) is 4.74 Å². The lowest BCUT2D eigenvalue weighted by Crippen LogP contribution is -2.24. The van der Waals surface area contributed by atoms with Gasteiger partial charge in [-0.25, -0.2) is 0 Å². The molecular weight excluding hydrogens is 204 g/mol. The molecule has 16 heavy (non-hydrogen) atoms. The SMILES string of the molecule is CCOC(=O)[C@@H](CC)[C@@H](O)c1ccccc1. The predicted molar refractivity (Wildman–Crippen MR) is 61.8 cm³/mol. The van der Waals surface area contributed by atoms with Gasteiger partial charge in [0.1, 0.15) is 0 Å². The Hall–Kier alpha value is -1.35. The van der Waals surface area contributed by atoms with E-state index in [1.807, 2.05) is 37.3 Å². The first kappa shape index (κ1) is 12.7. The van der Waals surface area contributed by atoms with Crippen LogP contribution in [-0.2, 0) is 9.53 Å². The molecule has 0 aliphatic heterocycles. The maximum Gasteiger partial charge on any atom is 0.311 e. The van der Waals surface area contributed by atoms with E-state index >= 15 is 0 Å². The number of carbonyl (C=O) groups is 1. The van der Waals surface area contributed by atoms with Crippen molar-refractivity contribution in [1.82, 2.24) is 0 Å². The Morgan fingerprint density at radius 2 is 1.94 bits per heavy atom. The molecule has 0 aromatic heterocycles. The second-order valence-electron chi connectivity index (χ2n) is 3.62. The van der Waals surface area contributed by atoms with Crippen molar-refractivity contribution in [3.8, 4) is 0 Å². The van der Waals surface area contributed by atoms with Crippen LogP contribution in [0.25, 0.3) is 0 Å². The van der Waals surface area contributed by atoms with E-state index in [9.17, 15) is 9.90 Å². The third kappa shape index (κ3) is 3.07. The van der Waals surface area contributed by atoms with Gasteiger partial charge in [0.25, 0.3) is 0 Å². The summed E-state index contributed by atoms with van der Waals surface area (Å²) in [6, 6.07) is 9.19. The highest BCUT2D eigenvalue weighted by Gasteiger charge is 2.27. The van der Waals surface area contributed by atoms with Crippen molar-refractivity contribution in [2.45, 2.75) is 26.4 Å². The number of aliphatic hydroxyl groups is 1. The average Bonchev–Trinajstić information content (AvgIpc) is 2.31. The lowest BCUT2D eigenvalue weighted by atomic mass is 9.93. The molecular formula is C13H18O3. The second kappa shape index (κ2) is 6.28. The van der Waals surface area contributed by atoms with Crippen LogP contribution in [0.3, 0.4) is 0 Å². The standard InChI is InChI=1S/C13H18O3/c1-3-11(13(15)16-4-2)12(14)10-8-6-5-7-9-10/h5-9,11-12,14H,3-4H2,1-2H3/t11-,12-/m0/s1. The van der Waals surface area contributed by atoms with E-state index in [0.29, 0.717) is 13.0 Å². The fourth-order valence-electron chi connectivity index (χ4n) is 1.65. The third-order valence-corrected chi connectivity index (χ3v) is 2.55. The van der Waals surface area contributed by atoms with Gasteiger partial charge in [-0.2, -0.15) is 0 Å². The van der Waals surface area contributed by atoms with Gasteiger partial charge in [-0.15, -0.1) is 0 Å². The number of aliphatic hydroxyl groups excluding tert-OH is 1. The minimum atomic E-state index is -0.787. The van der Waals surface area contributed by atoms with Crippen molar-refractivity contribution in [3.63, 3.8) is 0 Å². The number of hydrogen-bond donors (Lipinski definition) is 1. The van der Waals surface area contributed by atoms with Gasteiger partial charge < -0.3 is 9.84 Å². The summed E-state index contributed by atoms with van der Waals surface area (Å²) >= 11 is 0. The number of rotatable bonds is 5. The highest BCUT2D eigenvalue weighted by molar-refractivity contribution is 5.73. The highest BCUT2D eigenvalue weighted by Crippen LogP contribution is 2.25. The van der Waals surface area contributed by atoms with Crippen molar-refractivity contribution in [2.75, 3.05) is 6.61 Å². The van der Waals surface area contributed by atoms with Gasteiger partial charge in [0.15, 0.2) is 0 Å². The summed E-state index contributed by atoms with van der Waals surface area (Å²) in [4.78, 5) is 11.6. The monoisotopic (exact) mass is 222 g/mol. The molecule has 0 spiro atoms. The fourth-order valence-corrected chi connectivity index (χ4v) is 1.65. The van der Waals surface area contributed by atoms with E-state index in [1.54, 1.807) is 6.92 Å². The van der Waals surface area contributed by atoms with E-state index < -0.39 is 12.0 Å². The van der Waals surface area contributed by atoms with Crippen molar-refractivity contribution in [1.29, 1.82) is 0 Å². The molecule has 0 radical (unpaired) electrons. The lowest BCUT2D eigenvalue weighted by Gasteiger charge is -2.20. The molecule has 0 heterocycles. The summed E-state index contributed by atoms with van der Waals surface area (Å²) in [6.45, 7) is 3.98. The zero-order valence-corrected chi connectivity index (χ0v) is 9.72. The van der Waals surface area contributed by atoms with Crippen LogP contribution in [0.2, 0.25) is 0 Å². The minimum absolute atomic E-state index is 0.332. The van der Waals surface area contributed by atoms with Crippen LogP contribution < -0.4 is 0 Å². The smallest absolute Gasteiger partial charge is 0.311 e. The zero-order chi connectivity index (χ0) is 12.0. The first-order valence-corrected chi connectivity index (χ1v) is 5.60. The topological polar surface area (TPSA) is 46.5 Å². The highest BCUT2D eigenvalue weighted by atomic mass is 16.5. The summed E-state index contributed by atoms with van der Waals surface area (Å²) in [7, 11) is 0. The van der Waals surface area contributed by atoms with E-state index in [1.165, 1.54) is 0 Å². The van der Waals surface area contributed by atoms with Crippen LogP contribution in [0.15, 0.2) is 30.3 Å². The molecule has 0 amide bonds. The molecule has 1 rings (SSSR count). The maximum absolute atomic E-state index is 11.6. The van der Waals surface area contributed by atoms with Crippen molar-refractivity contribution < 1.29 is 14.6 Å². The zero-order valence-electron chi connectivity index (χ0n) is 9.72. The number of ether oxygens (including phenoxy) is 1. The first-order chi connectivity index (χ1) is 7.70. The van der Waals surface area contributed by atoms with Gasteiger partial charge in [0.05, 0.1) is 18.6 Å². The molecule has 1 N–H and O–H groups in total. The summed E-state index contributed by atoms with van der Waals surface area (Å²) < 4.78 is 4.94. The molecule has 0 aliphatic rings. The Morgan fingerprint density at radius 1 is 1.31 bits per heavy atom. The van der Waals surface area contributed by atoms with Crippen molar-refractivity contribution in [3.05, 3.63) is 35.9 Å². The maximum atomic E-state index is 11.6. The molecule has 3 nitrogen and oxygen atoms in total. The van der Waals surface area contributed by atoms with Crippen LogP contribution in [0.1, 0.15) is 31.9 Å². The van der Waals surface area contributed by atoms with Crippen LogP contribution in [0, 0.1) is 5.92 Å². The van der Waals surface area contributed by atoms with Crippen LogP contribution in [0.5, 0.6) is 0 Å². The normalized spacial score (nSPS) is 14.2. The Balaban J connectivity index is 2.77. The van der Waals surface area contributed by atoms with Gasteiger partial charge in [-0.1, -0.05) is 37.3 Å². The van der Waals surface area contributed by atoms with Crippen molar-refractivity contribution in [2.24, 2.45) is 5.92 Å². The predicted octanol–water partition coefficient (Wildman–Crippen LogP) is 2.31. The lowest BCUT2D eigenvalue weighted by molar-refractivity contribution is -0.152. The number of carbonyl (C=O) groups excluding carboxylic acids is 1. The molecule has 0 saturated carbocycles. The number of hydrogen-bond acceptors (Lipinski definition) is 3. The van der Waals surface area contributed by atoms with Gasteiger partial charge in [-0.3, -0.25) is 4.79 Å². The minimum Gasteiger partial charge on any atom is -0.466 e. The molecule has 88 valence electrons. The molecule has 0 aliphatic carbocycles. The fraction of sp³-hybridized carbons (Fsp3) is 0.462. The summed E-state index contributed by atoms with van der Waals surface area (Å²) in [5.74, 6) is -0.816. The van der Waals surface area contributed by atoms with Gasteiger partial charge >= 0.3 is 5.97 Å². The van der Waals surface area contributed by atoms with Crippen LogP contribution in [-0.4, -0.2) is 17.7 Å². The van der Waals surface area contributed by atoms with E-state index in [2.05, 4.69) is 0 Å². The molecule has 0 unspecified atom stereocenters. The average molecular weight is 222 g/mol. The second-order valence-corrected chi connectivity index (χ2v) is 3.62. The van der Waals surface area contributed by atoms with E-state index in [0.717, 1.165) is 5.56 Å². The summed E-state index contributed by atoms with van der Waals surface area (Å²) in [5, 5.41) is 10.1. The Morgan fingerprint density at radius 3 is 2.44 bits per heavy atom. The summed E-state index contributed by atoms with van der Waals surface area (Å²) in [5.41, 5.74) is 0.752. The largest absolute Gasteiger partial charge is 0.466 e. The molecule has 1 aromatic rings.